The maximum atomic E-state index is 2.37. The van der Waals surface area contributed by atoms with E-state index in [2.05, 4.69) is 169 Å². The lowest BCUT2D eigenvalue weighted by molar-refractivity contribution is 1.29. The maximum Gasteiger partial charge on any atom is 0.0468 e. The molecule has 0 saturated heterocycles. The van der Waals surface area contributed by atoms with E-state index in [0.717, 1.165) is 17.1 Å². The van der Waals surface area contributed by atoms with Crippen LogP contribution in [0, 0.1) is 0 Å². The van der Waals surface area contributed by atoms with Crippen molar-refractivity contribution < 1.29 is 0 Å². The smallest absolute Gasteiger partial charge is 0.0468 e. The molecular formula is C42H27NS. The maximum absolute atomic E-state index is 2.37. The molecule has 0 N–H and O–H groups in total. The predicted molar refractivity (Wildman–Crippen MR) is 192 cm³/mol. The van der Waals surface area contributed by atoms with Crippen LogP contribution in [0.25, 0.3) is 63.6 Å². The first-order chi connectivity index (χ1) is 21.8. The summed E-state index contributed by atoms with van der Waals surface area (Å²) in [6.45, 7) is 0. The Morgan fingerprint density at radius 3 is 1.50 bits per heavy atom. The van der Waals surface area contributed by atoms with Gasteiger partial charge in [0.05, 0.1) is 0 Å². The van der Waals surface area contributed by atoms with Crippen LogP contribution in [0.1, 0.15) is 0 Å². The fraction of sp³-hybridized carbons (Fsp3) is 0. The number of fused-ring (bicyclic) bond motifs is 6. The molecule has 8 aromatic carbocycles. The second kappa shape index (κ2) is 10.1. The van der Waals surface area contributed by atoms with Crippen molar-refractivity contribution in [1.82, 2.24) is 0 Å². The molecule has 0 aliphatic rings. The summed E-state index contributed by atoms with van der Waals surface area (Å²) in [5.41, 5.74) is 5.93. The second-order valence-corrected chi connectivity index (χ2v) is 12.5. The molecule has 0 amide bonds. The van der Waals surface area contributed by atoms with Gasteiger partial charge in [-0.25, -0.2) is 0 Å². The van der Waals surface area contributed by atoms with Gasteiger partial charge in [0, 0.05) is 37.2 Å². The summed E-state index contributed by atoms with van der Waals surface area (Å²) in [6.07, 6.45) is 0. The predicted octanol–water partition coefficient (Wildman–Crippen LogP) is 12.7. The number of hydrogen-bond donors (Lipinski definition) is 0. The molecule has 9 aromatic rings. The molecule has 0 spiro atoms. The first-order valence-electron chi connectivity index (χ1n) is 15.0. The summed E-state index contributed by atoms with van der Waals surface area (Å²) in [5.74, 6) is 0. The van der Waals surface area contributed by atoms with Crippen LogP contribution in [-0.4, -0.2) is 0 Å². The first kappa shape index (κ1) is 25.1. The normalized spacial score (nSPS) is 11.6. The van der Waals surface area contributed by atoms with Crippen LogP contribution in [0.4, 0.5) is 17.1 Å². The standard InChI is InChI=1S/C42H27NS/c1-3-10-31-24-36(22-16-28(31)8-1)43(37-23-17-29-9-2-4-11-32(29)25-37)35-20-18-30(19-21-35)38-14-7-15-39-40-26-33-12-5-6-13-34(33)27-41(40)44-42(38)39/h1-27H. The molecule has 0 fully saturated rings. The third-order valence-electron chi connectivity index (χ3n) is 8.78. The van der Waals surface area contributed by atoms with Crippen molar-refractivity contribution >= 4 is 80.9 Å². The molecule has 1 heterocycles. The van der Waals surface area contributed by atoms with Gasteiger partial charge in [0.1, 0.15) is 0 Å². The van der Waals surface area contributed by atoms with E-state index in [4.69, 9.17) is 0 Å². The van der Waals surface area contributed by atoms with Gasteiger partial charge in [-0.05, 0) is 92.0 Å². The highest BCUT2D eigenvalue weighted by atomic mass is 32.1. The molecule has 0 bridgehead atoms. The van der Waals surface area contributed by atoms with Crippen molar-refractivity contribution in [3.63, 3.8) is 0 Å². The molecule has 0 saturated carbocycles. The SMILES string of the molecule is c1ccc2cc(N(c3ccc(-c4cccc5c4sc4cc6ccccc6cc45)cc3)c3ccc4ccccc4c3)ccc2c1. The third-order valence-corrected chi connectivity index (χ3v) is 9.99. The van der Waals surface area contributed by atoms with Crippen molar-refractivity contribution in [3.8, 4) is 11.1 Å². The molecule has 0 atom stereocenters. The second-order valence-electron chi connectivity index (χ2n) is 11.4. The van der Waals surface area contributed by atoms with Gasteiger partial charge in [-0.3, -0.25) is 0 Å². The number of anilines is 3. The van der Waals surface area contributed by atoms with Crippen LogP contribution in [0.15, 0.2) is 164 Å². The molecule has 1 nitrogen and oxygen atoms in total. The number of nitrogens with zero attached hydrogens (tertiary/aromatic N) is 1. The van der Waals surface area contributed by atoms with Crippen molar-refractivity contribution in [2.75, 3.05) is 4.90 Å². The van der Waals surface area contributed by atoms with Gasteiger partial charge in [0.25, 0.3) is 0 Å². The Bertz CT molecular complexity index is 2420. The zero-order valence-electron chi connectivity index (χ0n) is 23.9. The van der Waals surface area contributed by atoms with Crippen LogP contribution >= 0.6 is 11.3 Å². The summed E-state index contributed by atoms with van der Waals surface area (Å²) in [5, 5.41) is 10.2. The molecule has 0 aliphatic carbocycles. The molecule has 206 valence electrons. The van der Waals surface area contributed by atoms with Crippen LogP contribution in [0.5, 0.6) is 0 Å². The van der Waals surface area contributed by atoms with Crippen molar-refractivity contribution in [2.45, 2.75) is 0 Å². The monoisotopic (exact) mass is 577 g/mol. The van der Waals surface area contributed by atoms with Gasteiger partial charge in [-0.2, -0.15) is 0 Å². The Morgan fingerprint density at radius 1 is 0.364 bits per heavy atom. The Kier molecular flexibility index (Phi) is 5.75. The Labute approximate surface area is 259 Å². The molecule has 1 aromatic heterocycles. The molecule has 44 heavy (non-hydrogen) atoms. The van der Waals surface area contributed by atoms with Gasteiger partial charge in [0.15, 0.2) is 0 Å². The number of benzene rings is 8. The Balaban J connectivity index is 1.18. The van der Waals surface area contributed by atoms with E-state index in [1.165, 1.54) is 63.6 Å². The van der Waals surface area contributed by atoms with Gasteiger partial charge < -0.3 is 4.90 Å². The molecule has 0 unspecified atom stereocenters. The lowest BCUT2D eigenvalue weighted by atomic mass is 10.0. The van der Waals surface area contributed by atoms with Crippen LogP contribution in [0.3, 0.4) is 0 Å². The fourth-order valence-corrected chi connectivity index (χ4v) is 7.85. The van der Waals surface area contributed by atoms with E-state index < -0.39 is 0 Å². The molecule has 0 radical (unpaired) electrons. The summed E-state index contributed by atoms with van der Waals surface area (Å²) < 4.78 is 2.67. The Morgan fingerprint density at radius 2 is 0.886 bits per heavy atom. The van der Waals surface area contributed by atoms with Crippen molar-refractivity contribution in [1.29, 1.82) is 0 Å². The summed E-state index contributed by atoms with van der Waals surface area (Å²) in [7, 11) is 0. The minimum atomic E-state index is 1.13. The van der Waals surface area contributed by atoms with Crippen LogP contribution in [-0.2, 0) is 0 Å². The molecular weight excluding hydrogens is 551 g/mol. The highest BCUT2D eigenvalue weighted by Crippen LogP contribution is 2.43. The molecule has 9 rings (SSSR count). The van der Waals surface area contributed by atoms with Gasteiger partial charge in [-0.1, -0.05) is 115 Å². The topological polar surface area (TPSA) is 3.24 Å². The summed E-state index contributed by atoms with van der Waals surface area (Å²) in [6, 6.07) is 59.8. The highest BCUT2D eigenvalue weighted by Gasteiger charge is 2.16. The van der Waals surface area contributed by atoms with E-state index in [1.807, 2.05) is 11.3 Å². The van der Waals surface area contributed by atoms with E-state index >= 15 is 0 Å². The number of thiophene rings is 1. The fourth-order valence-electron chi connectivity index (χ4n) is 6.58. The lowest BCUT2D eigenvalue weighted by Crippen LogP contribution is -2.09. The lowest BCUT2D eigenvalue weighted by Gasteiger charge is -2.26. The van der Waals surface area contributed by atoms with E-state index in [9.17, 15) is 0 Å². The van der Waals surface area contributed by atoms with E-state index in [1.54, 1.807) is 0 Å². The third kappa shape index (κ3) is 4.15. The van der Waals surface area contributed by atoms with Crippen molar-refractivity contribution in [2.24, 2.45) is 0 Å². The largest absolute Gasteiger partial charge is 0.310 e. The van der Waals surface area contributed by atoms with Crippen LogP contribution in [0.2, 0.25) is 0 Å². The van der Waals surface area contributed by atoms with Crippen LogP contribution < -0.4 is 4.90 Å². The molecule has 0 aliphatic heterocycles. The van der Waals surface area contributed by atoms with Gasteiger partial charge in [0.2, 0.25) is 0 Å². The minimum Gasteiger partial charge on any atom is -0.310 e. The van der Waals surface area contributed by atoms with E-state index in [-0.39, 0.29) is 0 Å². The minimum absolute atomic E-state index is 1.13. The zero-order valence-corrected chi connectivity index (χ0v) is 24.8. The quantitative estimate of drug-likeness (QED) is 0.201. The highest BCUT2D eigenvalue weighted by molar-refractivity contribution is 7.26. The number of hydrogen-bond acceptors (Lipinski definition) is 2. The van der Waals surface area contributed by atoms with E-state index in [0.29, 0.717) is 0 Å². The molecule has 2 heteroatoms. The summed E-state index contributed by atoms with van der Waals surface area (Å²) in [4.78, 5) is 2.37. The van der Waals surface area contributed by atoms with Gasteiger partial charge in [-0.15, -0.1) is 11.3 Å². The van der Waals surface area contributed by atoms with Crippen molar-refractivity contribution in [3.05, 3.63) is 164 Å². The van der Waals surface area contributed by atoms with Gasteiger partial charge >= 0.3 is 0 Å². The first-order valence-corrected chi connectivity index (χ1v) is 15.8. The summed E-state index contributed by atoms with van der Waals surface area (Å²) >= 11 is 1.89. The average molecular weight is 578 g/mol. The zero-order chi connectivity index (χ0) is 29.0. The average Bonchev–Trinajstić information content (AvgIpc) is 3.45. The Hall–Kier alpha value is -5.44. The number of rotatable bonds is 4.